The number of H-pyrrole nitrogens is 1. The molecule has 25 heavy (non-hydrogen) atoms. The van der Waals surface area contributed by atoms with Crippen molar-refractivity contribution in [1.82, 2.24) is 15.3 Å². The van der Waals surface area contributed by atoms with Crippen LogP contribution in [-0.4, -0.2) is 28.5 Å². The van der Waals surface area contributed by atoms with Crippen molar-refractivity contribution in [1.29, 1.82) is 0 Å². The second-order valence-corrected chi connectivity index (χ2v) is 7.71. The number of carbonyl (C=O) groups is 1. The number of rotatable bonds is 6. The van der Waals surface area contributed by atoms with Crippen LogP contribution in [0.25, 0.3) is 10.9 Å². The smallest absolute Gasteiger partial charge is 0.237 e. The molecule has 0 spiro atoms. The number of hydrogen-bond donors (Lipinski definition) is 3. The van der Waals surface area contributed by atoms with E-state index in [0.717, 1.165) is 40.7 Å². The molecular formula is C19H22N4OS. The number of fused-ring (bicyclic) bond motifs is 2. The maximum Gasteiger partial charge on any atom is 0.237 e. The summed E-state index contributed by atoms with van der Waals surface area (Å²) in [6.07, 6.45) is 6.75. The number of nitrogens with two attached hydrogens (primary N) is 1. The van der Waals surface area contributed by atoms with Gasteiger partial charge in [0.15, 0.2) is 0 Å². The van der Waals surface area contributed by atoms with Crippen LogP contribution in [0.1, 0.15) is 27.6 Å². The standard InChI is InChI=1S/C19H22N4OS/c20-14(10-12-11-22-15-5-2-1-4-13(12)15)19(24)21-9-8-18-23-16-6-3-7-17(16)25-18/h1-2,4-5,11,14,22H,3,6-10,20H2,(H,21,24)/t14-/m1/s1. The monoisotopic (exact) mass is 354 g/mol. The van der Waals surface area contributed by atoms with Gasteiger partial charge in [-0.2, -0.15) is 0 Å². The summed E-state index contributed by atoms with van der Waals surface area (Å²) in [4.78, 5) is 21.6. The van der Waals surface area contributed by atoms with Crippen molar-refractivity contribution in [3.63, 3.8) is 0 Å². The number of benzene rings is 1. The summed E-state index contributed by atoms with van der Waals surface area (Å²) in [5, 5.41) is 5.20. The highest BCUT2D eigenvalue weighted by molar-refractivity contribution is 7.11. The number of carbonyl (C=O) groups excluding carboxylic acids is 1. The number of aromatic nitrogens is 2. The van der Waals surface area contributed by atoms with Crippen LogP contribution in [0.3, 0.4) is 0 Å². The molecule has 2 heterocycles. The highest BCUT2D eigenvalue weighted by atomic mass is 32.1. The Kier molecular flexibility index (Phi) is 4.55. The molecule has 4 N–H and O–H groups in total. The SMILES string of the molecule is N[C@H](Cc1c[nH]c2ccccc12)C(=O)NCCc1nc2c(s1)CCC2. The van der Waals surface area contributed by atoms with E-state index in [1.54, 1.807) is 11.3 Å². The van der Waals surface area contributed by atoms with Crippen LogP contribution >= 0.6 is 11.3 Å². The van der Waals surface area contributed by atoms with Crippen LogP contribution < -0.4 is 11.1 Å². The maximum atomic E-state index is 12.3. The van der Waals surface area contributed by atoms with Gasteiger partial charge in [0.05, 0.1) is 16.7 Å². The molecule has 0 unspecified atom stereocenters. The second kappa shape index (κ2) is 6.98. The zero-order valence-electron chi connectivity index (χ0n) is 14.0. The molecule has 130 valence electrons. The zero-order valence-corrected chi connectivity index (χ0v) is 14.9. The summed E-state index contributed by atoms with van der Waals surface area (Å²) < 4.78 is 0. The number of amides is 1. The number of nitrogens with zero attached hydrogens (tertiary/aromatic N) is 1. The number of aryl methyl sites for hydroxylation is 2. The predicted molar refractivity (Wildman–Crippen MR) is 101 cm³/mol. The molecule has 5 nitrogen and oxygen atoms in total. The molecule has 1 amide bonds. The van der Waals surface area contributed by atoms with Gasteiger partial charge in [-0.1, -0.05) is 18.2 Å². The van der Waals surface area contributed by atoms with Gasteiger partial charge in [0.2, 0.25) is 5.91 Å². The highest BCUT2D eigenvalue weighted by Crippen LogP contribution is 2.27. The first kappa shape index (κ1) is 16.3. The molecule has 1 aliphatic rings. The topological polar surface area (TPSA) is 83.8 Å². The van der Waals surface area contributed by atoms with Gasteiger partial charge in [-0.3, -0.25) is 4.79 Å². The van der Waals surface area contributed by atoms with E-state index in [-0.39, 0.29) is 5.91 Å². The van der Waals surface area contributed by atoms with E-state index in [4.69, 9.17) is 5.73 Å². The summed E-state index contributed by atoms with van der Waals surface area (Å²) in [5.74, 6) is -0.102. The van der Waals surface area contributed by atoms with Crippen LogP contribution in [0, 0.1) is 0 Å². The summed E-state index contributed by atoms with van der Waals surface area (Å²) in [6, 6.07) is 7.52. The first-order chi connectivity index (χ1) is 12.2. The molecule has 0 bridgehead atoms. The quantitative estimate of drug-likeness (QED) is 0.635. The van der Waals surface area contributed by atoms with Gasteiger partial charge in [-0.05, 0) is 37.3 Å². The van der Waals surface area contributed by atoms with Gasteiger partial charge >= 0.3 is 0 Å². The fourth-order valence-electron chi connectivity index (χ4n) is 3.40. The van der Waals surface area contributed by atoms with E-state index in [9.17, 15) is 4.79 Å². The van der Waals surface area contributed by atoms with E-state index in [0.29, 0.717) is 13.0 Å². The van der Waals surface area contributed by atoms with Crippen molar-refractivity contribution in [3.8, 4) is 0 Å². The second-order valence-electron chi connectivity index (χ2n) is 6.54. The van der Waals surface area contributed by atoms with Gasteiger partial charge < -0.3 is 16.0 Å². The minimum atomic E-state index is -0.541. The normalized spacial score (nSPS) is 14.6. The van der Waals surface area contributed by atoms with Gasteiger partial charge in [-0.15, -0.1) is 11.3 Å². The first-order valence-electron chi connectivity index (χ1n) is 8.76. The fourth-order valence-corrected chi connectivity index (χ4v) is 4.56. The lowest BCUT2D eigenvalue weighted by molar-refractivity contribution is -0.122. The number of hydrogen-bond acceptors (Lipinski definition) is 4. The third-order valence-corrected chi connectivity index (χ3v) is 5.95. The lowest BCUT2D eigenvalue weighted by Gasteiger charge is -2.11. The molecule has 0 radical (unpaired) electrons. The Hall–Kier alpha value is -2.18. The number of thiazole rings is 1. The molecule has 1 aromatic carbocycles. The van der Waals surface area contributed by atoms with Gasteiger partial charge in [0.1, 0.15) is 0 Å². The van der Waals surface area contributed by atoms with Gasteiger partial charge in [0, 0.05) is 34.9 Å². The molecule has 0 saturated carbocycles. The zero-order chi connectivity index (χ0) is 17.2. The Morgan fingerprint density at radius 2 is 2.24 bits per heavy atom. The van der Waals surface area contributed by atoms with Crippen LogP contribution in [0.15, 0.2) is 30.5 Å². The molecule has 0 aliphatic heterocycles. The van der Waals surface area contributed by atoms with Crippen molar-refractivity contribution in [2.24, 2.45) is 5.73 Å². The summed E-state index contributed by atoms with van der Waals surface area (Å²) >= 11 is 1.79. The summed E-state index contributed by atoms with van der Waals surface area (Å²) in [6.45, 7) is 0.590. The van der Waals surface area contributed by atoms with Crippen LogP contribution in [0.2, 0.25) is 0 Å². The predicted octanol–water partition coefficient (Wildman–Crippen LogP) is 2.34. The average molecular weight is 354 g/mol. The number of aromatic amines is 1. The molecule has 3 aromatic rings. The minimum absolute atomic E-state index is 0.102. The molecular weight excluding hydrogens is 332 g/mol. The Morgan fingerprint density at radius 3 is 3.12 bits per heavy atom. The van der Waals surface area contributed by atoms with Crippen molar-refractivity contribution in [3.05, 3.63) is 51.6 Å². The molecule has 4 rings (SSSR count). The maximum absolute atomic E-state index is 12.3. The highest BCUT2D eigenvalue weighted by Gasteiger charge is 2.18. The van der Waals surface area contributed by atoms with E-state index in [1.165, 1.54) is 17.0 Å². The largest absolute Gasteiger partial charge is 0.361 e. The number of para-hydroxylation sites is 1. The average Bonchev–Trinajstić information content (AvgIpc) is 3.30. The molecule has 1 aliphatic carbocycles. The molecule has 2 aromatic heterocycles. The Labute approximate surface area is 150 Å². The van der Waals surface area contributed by atoms with Crippen molar-refractivity contribution in [2.45, 2.75) is 38.1 Å². The van der Waals surface area contributed by atoms with E-state index < -0.39 is 6.04 Å². The van der Waals surface area contributed by atoms with Crippen LogP contribution in [-0.2, 0) is 30.5 Å². The molecule has 6 heteroatoms. The lowest BCUT2D eigenvalue weighted by atomic mass is 10.1. The molecule has 1 atom stereocenters. The Balaban J connectivity index is 1.30. The van der Waals surface area contributed by atoms with E-state index >= 15 is 0 Å². The minimum Gasteiger partial charge on any atom is -0.361 e. The Morgan fingerprint density at radius 1 is 1.36 bits per heavy atom. The molecule has 0 saturated heterocycles. The van der Waals surface area contributed by atoms with Crippen molar-refractivity contribution in [2.75, 3.05) is 6.54 Å². The summed E-state index contributed by atoms with van der Waals surface area (Å²) in [5.41, 5.74) is 9.51. The Bertz CT molecular complexity index is 876. The van der Waals surface area contributed by atoms with Gasteiger partial charge in [-0.25, -0.2) is 4.98 Å². The van der Waals surface area contributed by atoms with Gasteiger partial charge in [0.25, 0.3) is 0 Å². The summed E-state index contributed by atoms with van der Waals surface area (Å²) in [7, 11) is 0. The lowest BCUT2D eigenvalue weighted by Crippen LogP contribution is -2.42. The fraction of sp³-hybridized carbons (Fsp3) is 0.368. The first-order valence-corrected chi connectivity index (χ1v) is 9.58. The van der Waals surface area contributed by atoms with E-state index in [1.807, 2.05) is 30.5 Å². The van der Waals surface area contributed by atoms with Crippen molar-refractivity contribution >= 4 is 28.1 Å². The third kappa shape index (κ3) is 3.45. The third-order valence-electron chi connectivity index (χ3n) is 4.73. The number of nitrogens with one attached hydrogen (secondary N) is 2. The van der Waals surface area contributed by atoms with Crippen LogP contribution in [0.5, 0.6) is 0 Å². The molecule has 0 fully saturated rings. The van der Waals surface area contributed by atoms with E-state index in [2.05, 4.69) is 15.3 Å². The van der Waals surface area contributed by atoms with Crippen molar-refractivity contribution < 1.29 is 4.79 Å². The van der Waals surface area contributed by atoms with Crippen LogP contribution in [0.4, 0.5) is 0 Å².